The maximum absolute atomic E-state index is 12.1. The summed E-state index contributed by atoms with van der Waals surface area (Å²) in [6, 6.07) is 0. The van der Waals surface area contributed by atoms with Gasteiger partial charge in [0.05, 0.1) is 24.9 Å². The largest absolute Gasteiger partial charge is 0.466 e. The number of hydrogen-bond donors (Lipinski definition) is 5. The number of hydrogen-bond acceptors (Lipinski definition) is 11. The van der Waals surface area contributed by atoms with E-state index in [1.54, 1.807) is 0 Å². The van der Waals surface area contributed by atoms with Gasteiger partial charge in [-0.05, 0) is 104 Å². The SMILES string of the molecule is CC(=O)OCC(C)CCCC(C)C1CCC2C3C(OC4OC(COC(C)=O)C(O)C(O)C4O)CC4CC(O)CCC4(C)C3CC(O)C12C. The van der Waals surface area contributed by atoms with Crippen molar-refractivity contribution < 1.29 is 54.1 Å². The standard InChI is InChI=1S/C37H62O11/c1-19(17-45-21(3)38)8-7-9-20(2)25-10-11-26-31-27(16-30(41)37(25,26)6)36(5)13-12-24(40)14-23(36)15-28(31)47-35-34(44)33(43)32(42)29(48-35)18-46-22(4)39/h19-20,23-35,40-44H,7-18H2,1-6H3. The lowest BCUT2D eigenvalue weighted by molar-refractivity contribution is -0.331. The third kappa shape index (κ3) is 7.34. The van der Waals surface area contributed by atoms with Gasteiger partial charge >= 0.3 is 11.9 Å². The van der Waals surface area contributed by atoms with Crippen LogP contribution >= 0.6 is 0 Å². The minimum absolute atomic E-state index is 0.0718. The Morgan fingerprint density at radius 3 is 2.25 bits per heavy atom. The van der Waals surface area contributed by atoms with Crippen LogP contribution in [0.5, 0.6) is 0 Å². The van der Waals surface area contributed by atoms with E-state index in [0.717, 1.165) is 44.9 Å². The number of carbonyl (C=O) groups excluding carboxylic acids is 2. The van der Waals surface area contributed by atoms with Gasteiger partial charge in [0.15, 0.2) is 6.29 Å². The molecule has 0 spiro atoms. The van der Waals surface area contributed by atoms with E-state index in [1.165, 1.54) is 13.8 Å². The Labute approximate surface area is 286 Å². The Morgan fingerprint density at radius 1 is 0.854 bits per heavy atom. The summed E-state index contributed by atoms with van der Waals surface area (Å²) in [6.45, 7) is 11.9. The average Bonchev–Trinajstić information content (AvgIpc) is 3.39. The average molecular weight is 683 g/mol. The first-order valence-corrected chi connectivity index (χ1v) is 18.6. The van der Waals surface area contributed by atoms with Crippen LogP contribution in [-0.2, 0) is 28.5 Å². The first-order valence-electron chi connectivity index (χ1n) is 18.6. The van der Waals surface area contributed by atoms with Gasteiger partial charge in [-0.2, -0.15) is 0 Å². The molecule has 5 fully saturated rings. The highest BCUT2D eigenvalue weighted by Gasteiger charge is 2.66. The highest BCUT2D eigenvalue weighted by Crippen LogP contribution is 2.69. The van der Waals surface area contributed by atoms with E-state index in [2.05, 4.69) is 27.7 Å². The van der Waals surface area contributed by atoms with Crippen molar-refractivity contribution >= 4 is 11.9 Å². The molecule has 0 amide bonds. The maximum Gasteiger partial charge on any atom is 0.302 e. The van der Waals surface area contributed by atoms with Crippen molar-refractivity contribution in [2.24, 2.45) is 52.3 Å². The molecular weight excluding hydrogens is 620 g/mol. The van der Waals surface area contributed by atoms with Crippen LogP contribution in [0.4, 0.5) is 0 Å². The molecule has 4 saturated carbocycles. The van der Waals surface area contributed by atoms with E-state index in [-0.39, 0.29) is 53.2 Å². The molecule has 1 heterocycles. The minimum atomic E-state index is -1.54. The number of carbonyl (C=O) groups is 2. The molecule has 1 saturated heterocycles. The number of rotatable bonds is 11. The van der Waals surface area contributed by atoms with Gasteiger partial charge in [-0.1, -0.05) is 40.5 Å². The van der Waals surface area contributed by atoms with Crippen molar-refractivity contribution in [3.05, 3.63) is 0 Å². The third-order valence-corrected chi connectivity index (χ3v) is 13.9. The van der Waals surface area contributed by atoms with Gasteiger partial charge in [0.25, 0.3) is 0 Å². The molecule has 5 aliphatic rings. The number of fused-ring (bicyclic) bond motifs is 5. The zero-order chi connectivity index (χ0) is 35.1. The zero-order valence-corrected chi connectivity index (χ0v) is 29.8. The Balaban J connectivity index is 1.37. The van der Waals surface area contributed by atoms with Gasteiger partial charge in [0.1, 0.15) is 31.0 Å². The highest BCUT2D eigenvalue weighted by molar-refractivity contribution is 5.66. The van der Waals surface area contributed by atoms with Crippen molar-refractivity contribution in [3.8, 4) is 0 Å². The first kappa shape index (κ1) is 37.9. The van der Waals surface area contributed by atoms with Gasteiger partial charge in [-0.15, -0.1) is 0 Å². The molecule has 0 aromatic rings. The molecule has 1 aliphatic heterocycles. The molecule has 0 bridgehead atoms. The minimum Gasteiger partial charge on any atom is -0.466 e. The van der Waals surface area contributed by atoms with Crippen LogP contribution < -0.4 is 0 Å². The number of aliphatic hydroxyl groups is 5. The fraction of sp³-hybridized carbons (Fsp3) is 0.946. The Morgan fingerprint density at radius 2 is 1.56 bits per heavy atom. The smallest absolute Gasteiger partial charge is 0.302 e. The van der Waals surface area contributed by atoms with Crippen molar-refractivity contribution in [2.75, 3.05) is 13.2 Å². The molecule has 4 aliphatic carbocycles. The molecule has 0 radical (unpaired) electrons. The summed E-state index contributed by atoms with van der Waals surface area (Å²) in [7, 11) is 0. The zero-order valence-electron chi connectivity index (χ0n) is 29.8. The van der Waals surface area contributed by atoms with Crippen LogP contribution in [0.1, 0.15) is 106 Å². The van der Waals surface area contributed by atoms with Crippen molar-refractivity contribution in [1.82, 2.24) is 0 Å². The van der Waals surface area contributed by atoms with Crippen molar-refractivity contribution in [2.45, 2.75) is 155 Å². The van der Waals surface area contributed by atoms with Crippen LogP contribution in [0.2, 0.25) is 0 Å². The van der Waals surface area contributed by atoms with Crippen LogP contribution in [0.25, 0.3) is 0 Å². The van der Waals surface area contributed by atoms with Gasteiger partial charge in [-0.25, -0.2) is 0 Å². The van der Waals surface area contributed by atoms with Crippen LogP contribution in [0.3, 0.4) is 0 Å². The molecule has 17 unspecified atom stereocenters. The van der Waals surface area contributed by atoms with E-state index in [1.807, 2.05) is 0 Å². The van der Waals surface area contributed by atoms with Crippen molar-refractivity contribution in [1.29, 1.82) is 0 Å². The molecule has 5 rings (SSSR count). The second-order valence-electron chi connectivity index (χ2n) is 16.8. The maximum atomic E-state index is 12.1. The number of ether oxygens (including phenoxy) is 4. The first-order chi connectivity index (χ1) is 22.6. The van der Waals surface area contributed by atoms with Crippen LogP contribution in [0, 0.1) is 52.3 Å². The molecule has 17 atom stereocenters. The highest BCUT2D eigenvalue weighted by atomic mass is 16.7. The van der Waals surface area contributed by atoms with E-state index >= 15 is 0 Å². The number of aliphatic hydroxyl groups excluding tert-OH is 5. The third-order valence-electron chi connectivity index (χ3n) is 13.9. The monoisotopic (exact) mass is 682 g/mol. The number of esters is 2. The van der Waals surface area contributed by atoms with Gasteiger partial charge in [0.2, 0.25) is 0 Å². The molecule has 11 nitrogen and oxygen atoms in total. The second kappa shape index (κ2) is 15.1. The topological polar surface area (TPSA) is 172 Å². The van der Waals surface area contributed by atoms with Gasteiger partial charge in [0, 0.05) is 13.8 Å². The van der Waals surface area contributed by atoms with Gasteiger partial charge < -0.3 is 44.5 Å². The molecule has 0 aromatic heterocycles. The Hall–Kier alpha value is -1.34. The molecule has 11 heteroatoms. The van der Waals surface area contributed by atoms with Crippen LogP contribution in [-0.4, -0.2) is 99.7 Å². The van der Waals surface area contributed by atoms with E-state index in [4.69, 9.17) is 18.9 Å². The lowest BCUT2D eigenvalue weighted by atomic mass is 9.43. The summed E-state index contributed by atoms with van der Waals surface area (Å²) < 4.78 is 23.0. The normalized spacial score (nSPS) is 46.9. The van der Waals surface area contributed by atoms with E-state index < -0.39 is 48.9 Å². The molecule has 0 aromatic carbocycles. The Bertz CT molecular complexity index is 1120. The summed E-state index contributed by atoms with van der Waals surface area (Å²) in [4.78, 5) is 22.7. The predicted octanol–water partition coefficient (Wildman–Crippen LogP) is 3.35. The fourth-order valence-electron chi connectivity index (χ4n) is 11.1. The molecule has 5 N–H and O–H groups in total. The summed E-state index contributed by atoms with van der Waals surface area (Å²) in [5, 5.41) is 55.3. The molecule has 48 heavy (non-hydrogen) atoms. The predicted molar refractivity (Wildman–Crippen MR) is 175 cm³/mol. The fourth-order valence-corrected chi connectivity index (χ4v) is 11.1. The molecule has 276 valence electrons. The molecular formula is C37H62O11. The summed E-state index contributed by atoms with van der Waals surface area (Å²) in [6.07, 6.45) is 0.538. The van der Waals surface area contributed by atoms with Crippen molar-refractivity contribution in [3.63, 3.8) is 0 Å². The van der Waals surface area contributed by atoms with Gasteiger partial charge in [-0.3, -0.25) is 9.59 Å². The van der Waals surface area contributed by atoms with E-state index in [0.29, 0.717) is 43.6 Å². The second-order valence-corrected chi connectivity index (χ2v) is 16.8. The lowest BCUT2D eigenvalue weighted by Gasteiger charge is -2.64. The Kier molecular flexibility index (Phi) is 11.9. The summed E-state index contributed by atoms with van der Waals surface area (Å²) >= 11 is 0. The summed E-state index contributed by atoms with van der Waals surface area (Å²) in [5.74, 6) is 0.756. The van der Waals surface area contributed by atoms with E-state index in [9.17, 15) is 35.1 Å². The van der Waals surface area contributed by atoms with Crippen LogP contribution in [0.15, 0.2) is 0 Å². The summed E-state index contributed by atoms with van der Waals surface area (Å²) in [5.41, 5.74) is -0.407. The lowest BCUT2D eigenvalue weighted by Crippen LogP contribution is -2.65. The quantitative estimate of drug-likeness (QED) is 0.160.